The minimum atomic E-state index is -0.513. The van der Waals surface area contributed by atoms with E-state index < -0.39 is 11.8 Å². The van der Waals surface area contributed by atoms with Gasteiger partial charge in [-0.2, -0.15) is 0 Å². The second-order valence-corrected chi connectivity index (χ2v) is 7.82. The number of benzene rings is 3. The van der Waals surface area contributed by atoms with Gasteiger partial charge in [0.1, 0.15) is 0 Å². The Morgan fingerprint density at radius 2 is 1.47 bits per heavy atom. The Hall–Kier alpha value is -3.15. The van der Waals surface area contributed by atoms with Crippen LogP contribution in [0, 0.1) is 13.8 Å². The van der Waals surface area contributed by atoms with E-state index in [0.717, 1.165) is 16.0 Å². The largest absolute Gasteiger partial charge is 0.322 e. The number of rotatable bonds is 3. The quantitative estimate of drug-likeness (QED) is 0.536. The van der Waals surface area contributed by atoms with E-state index >= 15 is 0 Å². The molecule has 0 saturated carbocycles. The maximum absolute atomic E-state index is 12.8. The standard InChI is InChI=1S/C23H16Cl2N2O3/c1-12-5-3-8-20(13(12)2)26-21(28)14-6-4-7-15(9-14)27-22(29)16-10-18(24)19(25)11-17(16)23(27)30/h3-11H,1-2H3,(H,26,28). The van der Waals surface area contributed by atoms with Crippen molar-refractivity contribution in [2.24, 2.45) is 0 Å². The Bertz CT molecular complexity index is 1200. The molecule has 0 unspecified atom stereocenters. The molecule has 1 aliphatic rings. The van der Waals surface area contributed by atoms with E-state index in [9.17, 15) is 14.4 Å². The van der Waals surface area contributed by atoms with Crippen molar-refractivity contribution >= 4 is 52.3 Å². The van der Waals surface area contributed by atoms with Gasteiger partial charge in [0.25, 0.3) is 17.7 Å². The summed E-state index contributed by atoms with van der Waals surface area (Å²) in [4.78, 5) is 39.5. The molecule has 3 aromatic carbocycles. The summed E-state index contributed by atoms with van der Waals surface area (Å²) in [6.45, 7) is 3.89. The third kappa shape index (κ3) is 3.36. The van der Waals surface area contributed by atoms with Crippen LogP contribution in [0.15, 0.2) is 54.6 Å². The van der Waals surface area contributed by atoms with E-state index in [0.29, 0.717) is 16.9 Å². The molecule has 0 bridgehead atoms. The number of fused-ring (bicyclic) bond motifs is 1. The molecule has 0 fully saturated rings. The summed E-state index contributed by atoms with van der Waals surface area (Å²) in [6.07, 6.45) is 0. The predicted octanol–water partition coefficient (Wildman–Crippen LogP) is 5.66. The molecule has 0 aliphatic carbocycles. The fourth-order valence-electron chi connectivity index (χ4n) is 3.34. The Kier molecular flexibility index (Phi) is 5.10. The molecule has 0 atom stereocenters. The van der Waals surface area contributed by atoms with Crippen molar-refractivity contribution in [3.05, 3.63) is 92.5 Å². The SMILES string of the molecule is Cc1cccc(NC(=O)c2cccc(N3C(=O)c4cc(Cl)c(Cl)cc4C3=O)c2)c1C. The van der Waals surface area contributed by atoms with E-state index in [2.05, 4.69) is 5.32 Å². The topological polar surface area (TPSA) is 66.5 Å². The van der Waals surface area contributed by atoms with Crippen molar-refractivity contribution in [3.63, 3.8) is 0 Å². The lowest BCUT2D eigenvalue weighted by Crippen LogP contribution is -2.29. The number of halogens is 2. The lowest BCUT2D eigenvalue weighted by atomic mass is 10.1. The van der Waals surface area contributed by atoms with Gasteiger partial charge >= 0.3 is 0 Å². The average molecular weight is 439 g/mol. The highest BCUT2D eigenvalue weighted by Gasteiger charge is 2.37. The van der Waals surface area contributed by atoms with Crippen LogP contribution in [0.4, 0.5) is 11.4 Å². The molecule has 1 heterocycles. The van der Waals surface area contributed by atoms with Crippen molar-refractivity contribution < 1.29 is 14.4 Å². The molecule has 30 heavy (non-hydrogen) atoms. The highest BCUT2D eigenvalue weighted by Crippen LogP contribution is 2.34. The van der Waals surface area contributed by atoms with Crippen LogP contribution in [0.5, 0.6) is 0 Å². The lowest BCUT2D eigenvalue weighted by molar-refractivity contribution is 0.0924. The third-order valence-electron chi connectivity index (χ3n) is 5.15. The second kappa shape index (κ2) is 7.59. The van der Waals surface area contributed by atoms with Crippen molar-refractivity contribution in [1.29, 1.82) is 0 Å². The maximum atomic E-state index is 12.8. The molecule has 150 valence electrons. The summed E-state index contributed by atoms with van der Waals surface area (Å²) in [5.74, 6) is -1.37. The number of hydrogen-bond acceptors (Lipinski definition) is 3. The van der Waals surface area contributed by atoms with Gasteiger partial charge in [0.05, 0.1) is 26.9 Å². The van der Waals surface area contributed by atoms with E-state index in [1.54, 1.807) is 18.2 Å². The number of carbonyl (C=O) groups is 3. The number of hydrogen-bond donors (Lipinski definition) is 1. The molecule has 4 rings (SSSR count). The highest BCUT2D eigenvalue weighted by molar-refractivity contribution is 6.44. The average Bonchev–Trinajstić information content (AvgIpc) is 2.95. The Labute approximate surface area is 183 Å². The van der Waals surface area contributed by atoms with Crippen LogP contribution in [0.1, 0.15) is 42.2 Å². The van der Waals surface area contributed by atoms with Gasteiger partial charge < -0.3 is 5.32 Å². The first-order valence-corrected chi connectivity index (χ1v) is 9.89. The van der Waals surface area contributed by atoms with Crippen LogP contribution in [0.3, 0.4) is 0 Å². The highest BCUT2D eigenvalue weighted by atomic mass is 35.5. The molecule has 3 amide bonds. The molecule has 0 radical (unpaired) electrons. The molecule has 7 heteroatoms. The summed E-state index contributed by atoms with van der Waals surface area (Å²) < 4.78 is 0. The Balaban J connectivity index is 1.65. The van der Waals surface area contributed by atoms with Crippen LogP contribution in [0.2, 0.25) is 10.0 Å². The zero-order chi connectivity index (χ0) is 21.6. The van der Waals surface area contributed by atoms with Gasteiger partial charge in [0.15, 0.2) is 0 Å². The van der Waals surface area contributed by atoms with Crippen LogP contribution in [-0.4, -0.2) is 17.7 Å². The number of nitrogens with one attached hydrogen (secondary N) is 1. The summed E-state index contributed by atoms with van der Waals surface area (Å²) in [6, 6.07) is 14.8. The maximum Gasteiger partial charge on any atom is 0.266 e. The van der Waals surface area contributed by atoms with E-state index in [-0.39, 0.29) is 27.1 Å². The van der Waals surface area contributed by atoms with Gasteiger partial charge in [-0.1, -0.05) is 41.4 Å². The number of aryl methyl sites for hydroxylation is 1. The Morgan fingerprint density at radius 3 is 2.10 bits per heavy atom. The van der Waals surface area contributed by atoms with Gasteiger partial charge in [0.2, 0.25) is 0 Å². The minimum absolute atomic E-state index is 0.180. The Morgan fingerprint density at radius 1 is 0.867 bits per heavy atom. The summed E-state index contributed by atoms with van der Waals surface area (Å²) in [7, 11) is 0. The van der Waals surface area contributed by atoms with Crippen molar-refractivity contribution in [2.45, 2.75) is 13.8 Å². The van der Waals surface area contributed by atoms with Gasteiger partial charge in [-0.05, 0) is 61.4 Å². The number of imide groups is 1. The summed E-state index contributed by atoms with van der Waals surface area (Å²) in [5, 5.41) is 3.27. The van der Waals surface area contributed by atoms with Crippen molar-refractivity contribution in [3.8, 4) is 0 Å². The van der Waals surface area contributed by atoms with Gasteiger partial charge in [-0.15, -0.1) is 0 Å². The molecule has 0 aromatic heterocycles. The molecule has 5 nitrogen and oxygen atoms in total. The molecule has 0 spiro atoms. The molecule has 1 aliphatic heterocycles. The van der Waals surface area contributed by atoms with Gasteiger partial charge in [-0.3, -0.25) is 14.4 Å². The predicted molar refractivity (Wildman–Crippen MR) is 118 cm³/mol. The smallest absolute Gasteiger partial charge is 0.266 e. The molecule has 3 aromatic rings. The monoisotopic (exact) mass is 438 g/mol. The lowest BCUT2D eigenvalue weighted by Gasteiger charge is -2.15. The molecular formula is C23H16Cl2N2O3. The van der Waals surface area contributed by atoms with Crippen molar-refractivity contribution in [1.82, 2.24) is 0 Å². The first-order chi connectivity index (χ1) is 14.3. The first-order valence-electron chi connectivity index (χ1n) is 9.13. The van der Waals surface area contributed by atoms with E-state index in [1.807, 2.05) is 32.0 Å². The molecular weight excluding hydrogens is 423 g/mol. The minimum Gasteiger partial charge on any atom is -0.322 e. The summed E-state index contributed by atoms with van der Waals surface area (Å²) >= 11 is 12.0. The fourth-order valence-corrected chi connectivity index (χ4v) is 3.66. The van der Waals surface area contributed by atoms with Gasteiger partial charge in [0, 0.05) is 11.3 Å². The van der Waals surface area contributed by atoms with Crippen LogP contribution in [-0.2, 0) is 0 Å². The second-order valence-electron chi connectivity index (χ2n) is 7.01. The van der Waals surface area contributed by atoms with E-state index in [1.165, 1.54) is 18.2 Å². The van der Waals surface area contributed by atoms with E-state index in [4.69, 9.17) is 23.2 Å². The molecule has 1 N–H and O–H groups in total. The zero-order valence-corrected chi connectivity index (χ0v) is 17.6. The number of nitrogens with zero attached hydrogens (tertiary/aromatic N) is 1. The number of anilines is 2. The van der Waals surface area contributed by atoms with Crippen LogP contribution >= 0.6 is 23.2 Å². The third-order valence-corrected chi connectivity index (χ3v) is 5.87. The van der Waals surface area contributed by atoms with Gasteiger partial charge in [-0.25, -0.2) is 4.90 Å². The normalized spacial score (nSPS) is 12.9. The molecule has 0 saturated heterocycles. The first kappa shape index (κ1) is 20.1. The fraction of sp³-hybridized carbons (Fsp3) is 0.0870. The van der Waals surface area contributed by atoms with Crippen LogP contribution < -0.4 is 10.2 Å². The summed E-state index contributed by atoms with van der Waals surface area (Å²) in [5.41, 5.74) is 3.71. The van der Waals surface area contributed by atoms with Crippen molar-refractivity contribution in [2.75, 3.05) is 10.2 Å². The zero-order valence-electron chi connectivity index (χ0n) is 16.1. The number of amides is 3. The van der Waals surface area contributed by atoms with Crippen LogP contribution in [0.25, 0.3) is 0 Å². The number of carbonyl (C=O) groups excluding carboxylic acids is 3.